The highest BCUT2D eigenvalue weighted by Crippen LogP contribution is 2.41. The SMILES string of the molecule is CS(=O)(=O)Oc1ccc(C2=C(Cc3ccc(OCCN4CCCC4)cc3)c3ccc(O)cc3C2)cc1. The van der Waals surface area contributed by atoms with Gasteiger partial charge in [0.05, 0.1) is 6.26 Å². The Morgan fingerprint density at radius 3 is 2.31 bits per heavy atom. The summed E-state index contributed by atoms with van der Waals surface area (Å²) in [4.78, 5) is 2.44. The summed E-state index contributed by atoms with van der Waals surface area (Å²) < 4.78 is 33.9. The van der Waals surface area contributed by atoms with Crippen LogP contribution in [0.1, 0.15) is 35.1 Å². The van der Waals surface area contributed by atoms with Crippen molar-refractivity contribution in [1.29, 1.82) is 0 Å². The second-order valence-electron chi connectivity index (χ2n) is 9.51. The molecule has 0 radical (unpaired) electrons. The van der Waals surface area contributed by atoms with Gasteiger partial charge in [0.1, 0.15) is 23.9 Å². The normalized spacial score (nSPS) is 15.8. The maximum Gasteiger partial charge on any atom is 0.306 e. The van der Waals surface area contributed by atoms with Crippen molar-refractivity contribution in [2.45, 2.75) is 25.7 Å². The van der Waals surface area contributed by atoms with Gasteiger partial charge in [-0.15, -0.1) is 0 Å². The Balaban J connectivity index is 1.35. The number of hydrogen-bond donors (Lipinski definition) is 1. The fraction of sp³-hybridized carbons (Fsp3) is 0.310. The summed E-state index contributed by atoms with van der Waals surface area (Å²) in [5.74, 6) is 1.42. The summed E-state index contributed by atoms with van der Waals surface area (Å²) in [6, 6.07) is 20.9. The first-order chi connectivity index (χ1) is 17.3. The van der Waals surface area contributed by atoms with Crippen LogP contribution in [-0.2, 0) is 23.0 Å². The first kappa shape index (κ1) is 24.4. The molecule has 1 aliphatic heterocycles. The zero-order valence-electron chi connectivity index (χ0n) is 20.4. The van der Waals surface area contributed by atoms with Crippen molar-refractivity contribution in [3.8, 4) is 17.2 Å². The average molecular weight is 506 g/mol. The smallest absolute Gasteiger partial charge is 0.306 e. The maximum atomic E-state index is 11.5. The monoisotopic (exact) mass is 505 g/mol. The van der Waals surface area contributed by atoms with E-state index >= 15 is 0 Å². The van der Waals surface area contributed by atoms with Crippen LogP contribution < -0.4 is 8.92 Å². The molecule has 1 aliphatic carbocycles. The molecule has 1 heterocycles. The van der Waals surface area contributed by atoms with E-state index in [2.05, 4.69) is 17.0 Å². The lowest BCUT2D eigenvalue weighted by atomic mass is 9.95. The van der Waals surface area contributed by atoms with Crippen LogP contribution in [0, 0.1) is 0 Å². The zero-order valence-corrected chi connectivity index (χ0v) is 21.3. The van der Waals surface area contributed by atoms with Crippen molar-refractivity contribution in [3.05, 3.63) is 89.0 Å². The zero-order chi connectivity index (χ0) is 25.1. The molecule has 3 aromatic carbocycles. The Labute approximate surface area is 212 Å². The Morgan fingerprint density at radius 2 is 1.61 bits per heavy atom. The van der Waals surface area contributed by atoms with Gasteiger partial charge in [0.15, 0.2) is 0 Å². The third-order valence-electron chi connectivity index (χ3n) is 6.78. The number of phenols is 1. The number of aromatic hydroxyl groups is 1. The van der Waals surface area contributed by atoms with E-state index in [1.165, 1.54) is 37.1 Å². The number of ether oxygens (including phenoxy) is 1. The van der Waals surface area contributed by atoms with Crippen molar-refractivity contribution in [2.75, 3.05) is 32.5 Å². The van der Waals surface area contributed by atoms with Crippen molar-refractivity contribution >= 4 is 21.3 Å². The average Bonchev–Trinajstić information content (AvgIpc) is 3.48. The molecule has 0 bridgehead atoms. The molecular weight excluding hydrogens is 474 g/mol. The summed E-state index contributed by atoms with van der Waals surface area (Å²) in [5, 5.41) is 10.0. The molecule has 0 amide bonds. The lowest BCUT2D eigenvalue weighted by Gasteiger charge is -2.15. The van der Waals surface area contributed by atoms with Crippen molar-refractivity contribution < 1.29 is 22.4 Å². The van der Waals surface area contributed by atoms with Gasteiger partial charge in [0.25, 0.3) is 0 Å². The lowest BCUT2D eigenvalue weighted by molar-refractivity contribution is 0.238. The van der Waals surface area contributed by atoms with Crippen LogP contribution >= 0.6 is 0 Å². The van der Waals surface area contributed by atoms with E-state index in [0.29, 0.717) is 13.0 Å². The van der Waals surface area contributed by atoms with Crippen LogP contribution in [0.5, 0.6) is 17.2 Å². The van der Waals surface area contributed by atoms with Gasteiger partial charge >= 0.3 is 10.1 Å². The van der Waals surface area contributed by atoms with Crippen molar-refractivity contribution in [2.24, 2.45) is 0 Å². The Kier molecular flexibility index (Phi) is 7.03. The summed E-state index contributed by atoms with van der Waals surface area (Å²) in [5.41, 5.74) is 6.75. The maximum absolute atomic E-state index is 11.5. The largest absolute Gasteiger partial charge is 0.508 e. The number of benzene rings is 3. The van der Waals surface area contributed by atoms with Crippen LogP contribution in [0.3, 0.4) is 0 Å². The third-order valence-corrected chi connectivity index (χ3v) is 7.27. The van der Waals surface area contributed by atoms with Crippen LogP contribution in [0.25, 0.3) is 11.1 Å². The van der Waals surface area contributed by atoms with Crippen LogP contribution in [0.2, 0.25) is 0 Å². The topological polar surface area (TPSA) is 76.1 Å². The van der Waals surface area contributed by atoms with E-state index in [4.69, 9.17) is 8.92 Å². The molecule has 0 unspecified atom stereocenters. The number of phenolic OH excluding ortho intramolecular Hbond substituents is 1. The first-order valence-corrected chi connectivity index (χ1v) is 14.1. The highest BCUT2D eigenvalue weighted by atomic mass is 32.2. The number of fused-ring (bicyclic) bond motifs is 1. The number of rotatable bonds is 9. The molecule has 0 saturated carbocycles. The van der Waals surface area contributed by atoms with E-state index in [-0.39, 0.29) is 11.5 Å². The fourth-order valence-corrected chi connectivity index (χ4v) is 5.51. The number of allylic oxidation sites excluding steroid dienone is 2. The Hall–Kier alpha value is -3.29. The molecule has 1 fully saturated rings. The van der Waals surface area contributed by atoms with E-state index in [0.717, 1.165) is 47.2 Å². The molecule has 188 valence electrons. The fourth-order valence-electron chi connectivity index (χ4n) is 5.05. The minimum absolute atomic E-state index is 0.252. The quantitative estimate of drug-likeness (QED) is 0.416. The molecule has 1 saturated heterocycles. The minimum atomic E-state index is -3.58. The van der Waals surface area contributed by atoms with Gasteiger partial charge in [-0.2, -0.15) is 8.42 Å². The standard InChI is InChI=1S/C29H31NO5S/c1-36(32,33)35-26-11-6-22(7-12-26)28-20-23-19-24(31)8-13-27(23)29(28)18-21-4-9-25(10-5-21)34-17-16-30-14-2-3-15-30/h4-13,19,31H,2-3,14-18,20H2,1H3. The summed E-state index contributed by atoms with van der Waals surface area (Å²) in [7, 11) is -3.58. The van der Waals surface area contributed by atoms with Crippen LogP contribution in [0.4, 0.5) is 0 Å². The van der Waals surface area contributed by atoms with Gasteiger partial charge in [-0.05, 0) is 109 Å². The lowest BCUT2D eigenvalue weighted by Crippen LogP contribution is -2.25. The number of likely N-dealkylation sites (tertiary alicyclic amines) is 1. The van der Waals surface area contributed by atoms with E-state index < -0.39 is 10.1 Å². The second kappa shape index (κ2) is 10.4. The Bertz CT molecular complexity index is 1360. The molecular formula is C29H31NO5S. The molecule has 0 aromatic heterocycles. The van der Waals surface area contributed by atoms with Gasteiger partial charge in [-0.1, -0.05) is 30.3 Å². The minimum Gasteiger partial charge on any atom is -0.508 e. The molecule has 36 heavy (non-hydrogen) atoms. The summed E-state index contributed by atoms with van der Waals surface area (Å²) in [6.45, 7) is 4.01. The van der Waals surface area contributed by atoms with E-state index in [9.17, 15) is 13.5 Å². The van der Waals surface area contributed by atoms with Crippen molar-refractivity contribution in [3.63, 3.8) is 0 Å². The molecule has 0 atom stereocenters. The van der Waals surface area contributed by atoms with E-state index in [1.54, 1.807) is 18.2 Å². The molecule has 7 heteroatoms. The molecule has 6 nitrogen and oxygen atoms in total. The number of hydrogen-bond acceptors (Lipinski definition) is 6. The van der Waals surface area contributed by atoms with Gasteiger partial charge in [-0.25, -0.2) is 0 Å². The summed E-state index contributed by atoms with van der Waals surface area (Å²) in [6.07, 6.45) is 5.04. The predicted octanol–water partition coefficient (Wildman–Crippen LogP) is 4.91. The predicted molar refractivity (Wildman–Crippen MR) is 142 cm³/mol. The third kappa shape index (κ3) is 5.91. The molecule has 2 aliphatic rings. The van der Waals surface area contributed by atoms with Gasteiger partial charge < -0.3 is 14.0 Å². The molecule has 1 N–H and O–H groups in total. The molecule has 0 spiro atoms. The van der Waals surface area contributed by atoms with Gasteiger partial charge in [0, 0.05) is 6.54 Å². The number of nitrogens with zero attached hydrogens (tertiary/aromatic N) is 1. The van der Waals surface area contributed by atoms with Crippen LogP contribution in [0.15, 0.2) is 66.7 Å². The second-order valence-corrected chi connectivity index (χ2v) is 11.1. The first-order valence-electron chi connectivity index (χ1n) is 12.3. The Morgan fingerprint density at radius 1 is 0.917 bits per heavy atom. The molecule has 3 aromatic rings. The van der Waals surface area contributed by atoms with Gasteiger partial charge in [-0.3, -0.25) is 4.90 Å². The highest BCUT2D eigenvalue weighted by molar-refractivity contribution is 7.86. The van der Waals surface area contributed by atoms with E-state index in [1.807, 2.05) is 36.4 Å². The van der Waals surface area contributed by atoms with Gasteiger partial charge in [0.2, 0.25) is 0 Å². The van der Waals surface area contributed by atoms with Crippen LogP contribution in [-0.4, -0.2) is 50.9 Å². The van der Waals surface area contributed by atoms with Crippen molar-refractivity contribution in [1.82, 2.24) is 4.90 Å². The highest BCUT2D eigenvalue weighted by Gasteiger charge is 2.23. The summed E-state index contributed by atoms with van der Waals surface area (Å²) >= 11 is 0. The molecule has 5 rings (SSSR count).